The smallest absolute Gasteiger partial charge is 0.246 e. The number of rotatable bonds is 2. The number of carbonyl (C=O) groups is 1. The predicted octanol–water partition coefficient (Wildman–Crippen LogP) is 3.46. The van der Waals surface area contributed by atoms with Crippen LogP contribution >= 0.6 is 11.3 Å². The van der Waals surface area contributed by atoms with Gasteiger partial charge in [0.2, 0.25) is 5.91 Å². The van der Waals surface area contributed by atoms with Crippen LogP contribution in [-0.4, -0.2) is 10.9 Å². The summed E-state index contributed by atoms with van der Waals surface area (Å²) < 4.78 is 13.8. The van der Waals surface area contributed by atoms with E-state index in [1.807, 2.05) is 0 Å². The van der Waals surface area contributed by atoms with Crippen molar-refractivity contribution in [1.82, 2.24) is 4.98 Å². The first kappa shape index (κ1) is 13.0. The molecule has 1 aromatic heterocycles. The lowest BCUT2D eigenvalue weighted by Gasteiger charge is -2.17. The summed E-state index contributed by atoms with van der Waals surface area (Å²) in [6.07, 6.45) is 2.97. The van der Waals surface area contributed by atoms with Crippen LogP contribution in [0.3, 0.4) is 0 Å². The minimum Gasteiger partial charge on any atom is -0.301 e. The Bertz CT molecular complexity index is 713. The Kier molecular flexibility index (Phi) is 3.14. The van der Waals surface area contributed by atoms with Crippen molar-refractivity contribution in [2.24, 2.45) is 5.41 Å². The van der Waals surface area contributed by atoms with E-state index in [2.05, 4.69) is 16.4 Å². The van der Waals surface area contributed by atoms with Gasteiger partial charge in [-0.05, 0) is 31.0 Å². The number of aromatic nitrogens is 1. The summed E-state index contributed by atoms with van der Waals surface area (Å²) in [4.78, 5) is 16.5. The highest BCUT2D eigenvalue weighted by Gasteiger charge is 2.41. The van der Waals surface area contributed by atoms with Crippen molar-refractivity contribution in [3.05, 3.63) is 24.0 Å². The van der Waals surface area contributed by atoms with Gasteiger partial charge < -0.3 is 5.32 Å². The average molecular weight is 289 g/mol. The van der Waals surface area contributed by atoms with Gasteiger partial charge in [0.05, 0.1) is 16.3 Å². The number of thiazole rings is 1. The number of halogens is 1. The zero-order valence-electron chi connectivity index (χ0n) is 10.6. The molecule has 2 aromatic rings. The second-order valence-electron chi connectivity index (χ2n) is 4.99. The number of nitrogens with one attached hydrogen (secondary N) is 1. The van der Waals surface area contributed by atoms with Gasteiger partial charge in [-0.1, -0.05) is 24.2 Å². The van der Waals surface area contributed by atoms with E-state index >= 15 is 0 Å². The number of nitrogens with zero attached hydrogens (tertiary/aromatic N) is 2. The first-order valence-corrected chi connectivity index (χ1v) is 7.23. The molecular formula is C14H12FN3OS. The van der Waals surface area contributed by atoms with Crippen molar-refractivity contribution in [3.63, 3.8) is 0 Å². The van der Waals surface area contributed by atoms with E-state index < -0.39 is 5.41 Å². The molecule has 0 atom stereocenters. The lowest BCUT2D eigenvalue weighted by Crippen LogP contribution is -2.32. The third-order valence-electron chi connectivity index (χ3n) is 3.68. The fourth-order valence-electron chi connectivity index (χ4n) is 2.54. The number of hydrogen-bond acceptors (Lipinski definition) is 4. The second kappa shape index (κ2) is 4.84. The Balaban J connectivity index is 1.86. The maximum Gasteiger partial charge on any atom is 0.246 e. The maximum absolute atomic E-state index is 13.1. The van der Waals surface area contributed by atoms with Crippen LogP contribution in [0.25, 0.3) is 10.2 Å². The van der Waals surface area contributed by atoms with Gasteiger partial charge in [-0.3, -0.25) is 4.79 Å². The summed E-state index contributed by atoms with van der Waals surface area (Å²) in [6, 6.07) is 6.44. The summed E-state index contributed by atoms with van der Waals surface area (Å²) in [5.41, 5.74) is -0.285. The minimum absolute atomic E-state index is 0.294. The molecule has 20 heavy (non-hydrogen) atoms. The monoisotopic (exact) mass is 289 g/mol. The molecule has 0 bridgehead atoms. The van der Waals surface area contributed by atoms with Crippen LogP contribution in [0.5, 0.6) is 0 Å². The number of benzene rings is 1. The van der Waals surface area contributed by atoms with Crippen LogP contribution in [0.2, 0.25) is 0 Å². The van der Waals surface area contributed by atoms with Crippen molar-refractivity contribution in [2.45, 2.75) is 25.7 Å². The van der Waals surface area contributed by atoms with E-state index in [9.17, 15) is 14.4 Å². The molecule has 0 saturated heterocycles. The molecule has 0 spiro atoms. The van der Waals surface area contributed by atoms with Gasteiger partial charge in [-0.2, -0.15) is 5.26 Å². The van der Waals surface area contributed by atoms with Crippen LogP contribution in [-0.2, 0) is 4.79 Å². The number of anilines is 1. The highest BCUT2D eigenvalue weighted by atomic mass is 32.1. The van der Waals surface area contributed by atoms with Crippen LogP contribution in [0.15, 0.2) is 18.2 Å². The van der Waals surface area contributed by atoms with E-state index in [4.69, 9.17) is 0 Å². The third kappa shape index (κ3) is 2.14. The van der Waals surface area contributed by atoms with Crippen LogP contribution in [0, 0.1) is 22.6 Å². The molecule has 1 aromatic carbocycles. The number of fused-ring (bicyclic) bond motifs is 1. The predicted molar refractivity (Wildman–Crippen MR) is 74.7 cm³/mol. The van der Waals surface area contributed by atoms with Gasteiger partial charge in [-0.15, -0.1) is 0 Å². The molecule has 4 nitrogen and oxygen atoms in total. The summed E-state index contributed by atoms with van der Waals surface area (Å²) in [7, 11) is 0. The summed E-state index contributed by atoms with van der Waals surface area (Å²) >= 11 is 1.22. The van der Waals surface area contributed by atoms with Gasteiger partial charge in [0.25, 0.3) is 0 Å². The minimum atomic E-state index is -0.927. The molecule has 1 saturated carbocycles. The van der Waals surface area contributed by atoms with Gasteiger partial charge in [0.1, 0.15) is 11.2 Å². The number of amides is 1. The standard InChI is InChI=1S/C14H12FN3OS/c15-9-3-4-10-11(7-9)20-13(17-10)18-12(19)14(8-16)5-1-2-6-14/h3-4,7H,1-2,5-6H2,(H,17,18,19). The highest BCUT2D eigenvalue weighted by Crippen LogP contribution is 2.39. The molecule has 3 rings (SSSR count). The van der Waals surface area contributed by atoms with Crippen LogP contribution < -0.4 is 5.32 Å². The Hall–Kier alpha value is -2.00. The summed E-state index contributed by atoms with van der Waals surface area (Å²) in [5.74, 6) is -0.625. The molecule has 0 unspecified atom stereocenters. The topological polar surface area (TPSA) is 65.8 Å². The molecule has 1 aliphatic carbocycles. The first-order valence-electron chi connectivity index (χ1n) is 6.42. The van der Waals surface area contributed by atoms with Gasteiger partial charge in [0, 0.05) is 0 Å². The highest BCUT2D eigenvalue weighted by molar-refractivity contribution is 7.22. The normalized spacial score (nSPS) is 17.0. The van der Waals surface area contributed by atoms with Crippen LogP contribution in [0.1, 0.15) is 25.7 Å². The Morgan fingerprint density at radius 2 is 2.20 bits per heavy atom. The molecule has 1 amide bonds. The second-order valence-corrected chi connectivity index (χ2v) is 6.02. The van der Waals surface area contributed by atoms with Gasteiger partial charge in [-0.25, -0.2) is 9.37 Å². The molecule has 102 valence electrons. The van der Waals surface area contributed by atoms with Crippen molar-refractivity contribution in [1.29, 1.82) is 5.26 Å². The number of carbonyl (C=O) groups excluding carboxylic acids is 1. The Labute approximate surface area is 119 Å². The number of hydrogen-bond donors (Lipinski definition) is 1. The fourth-order valence-corrected chi connectivity index (χ4v) is 3.42. The third-order valence-corrected chi connectivity index (χ3v) is 4.61. The molecule has 0 radical (unpaired) electrons. The summed E-state index contributed by atoms with van der Waals surface area (Å²) in [5, 5.41) is 12.4. The average Bonchev–Trinajstić information content (AvgIpc) is 3.04. The summed E-state index contributed by atoms with van der Waals surface area (Å²) in [6.45, 7) is 0. The molecule has 1 aliphatic rings. The SMILES string of the molecule is N#CC1(C(=O)Nc2nc3ccc(F)cc3s2)CCCC1. The maximum atomic E-state index is 13.1. The fraction of sp³-hybridized carbons (Fsp3) is 0.357. The molecule has 1 fully saturated rings. The zero-order chi connectivity index (χ0) is 14.2. The lowest BCUT2D eigenvalue weighted by molar-refractivity contribution is -0.122. The van der Waals surface area contributed by atoms with Crippen LogP contribution in [0.4, 0.5) is 9.52 Å². The van der Waals surface area contributed by atoms with Crippen molar-refractivity contribution in [3.8, 4) is 6.07 Å². The molecule has 0 aliphatic heterocycles. The largest absolute Gasteiger partial charge is 0.301 e. The van der Waals surface area contributed by atoms with E-state index in [1.165, 1.54) is 23.5 Å². The molecular weight excluding hydrogens is 277 g/mol. The van der Waals surface area contributed by atoms with Gasteiger partial charge in [0.15, 0.2) is 5.13 Å². The Morgan fingerprint density at radius 3 is 2.90 bits per heavy atom. The van der Waals surface area contributed by atoms with E-state index in [0.717, 1.165) is 12.8 Å². The molecule has 1 N–H and O–H groups in total. The van der Waals surface area contributed by atoms with E-state index in [-0.39, 0.29) is 11.7 Å². The Morgan fingerprint density at radius 1 is 1.45 bits per heavy atom. The van der Waals surface area contributed by atoms with Crippen molar-refractivity contribution < 1.29 is 9.18 Å². The number of nitriles is 1. The zero-order valence-corrected chi connectivity index (χ0v) is 11.5. The molecule has 6 heteroatoms. The van der Waals surface area contributed by atoms with E-state index in [0.29, 0.717) is 28.2 Å². The quantitative estimate of drug-likeness (QED) is 0.920. The molecule has 1 heterocycles. The van der Waals surface area contributed by atoms with E-state index in [1.54, 1.807) is 6.07 Å². The van der Waals surface area contributed by atoms with Crippen molar-refractivity contribution in [2.75, 3.05) is 5.32 Å². The van der Waals surface area contributed by atoms with Gasteiger partial charge >= 0.3 is 0 Å². The van der Waals surface area contributed by atoms with Crippen molar-refractivity contribution >= 4 is 32.6 Å². The first-order chi connectivity index (χ1) is 9.63. The lowest BCUT2D eigenvalue weighted by atomic mass is 9.87.